The predicted octanol–water partition coefficient (Wildman–Crippen LogP) is 3.02. The van der Waals surface area contributed by atoms with Crippen LogP contribution in [-0.2, 0) is 9.53 Å². The summed E-state index contributed by atoms with van der Waals surface area (Å²) in [7, 11) is 4.84. The Balaban J connectivity index is 1.86. The molecular formula is C25H32N2O5. The minimum Gasteiger partial charge on any atom is -0.497 e. The zero-order valence-electron chi connectivity index (χ0n) is 19.2. The number of aryl methyl sites for hydroxylation is 1. The minimum atomic E-state index is -0.380. The lowest BCUT2D eigenvalue weighted by Gasteiger charge is -2.21. The lowest BCUT2D eigenvalue weighted by atomic mass is 9.87. The van der Waals surface area contributed by atoms with E-state index in [1.54, 1.807) is 26.2 Å². The molecule has 1 aliphatic rings. The van der Waals surface area contributed by atoms with Gasteiger partial charge in [0.2, 0.25) is 5.91 Å². The number of rotatable bonds is 9. The average Bonchev–Trinajstić information content (AvgIpc) is 3.26. The maximum atomic E-state index is 13.2. The molecule has 0 bridgehead atoms. The number of carbonyl (C=O) groups excluding carboxylic acids is 2. The zero-order valence-corrected chi connectivity index (χ0v) is 19.2. The molecule has 0 saturated carbocycles. The van der Waals surface area contributed by atoms with Gasteiger partial charge in [0.05, 0.1) is 20.1 Å². The van der Waals surface area contributed by atoms with Crippen LogP contribution in [-0.4, -0.2) is 64.3 Å². The maximum Gasteiger partial charge on any atom is 0.253 e. The van der Waals surface area contributed by atoms with Gasteiger partial charge in [0.15, 0.2) is 0 Å². The first-order valence-electron chi connectivity index (χ1n) is 10.8. The highest BCUT2D eigenvalue weighted by Gasteiger charge is 2.41. The van der Waals surface area contributed by atoms with Crippen molar-refractivity contribution < 1.29 is 23.8 Å². The number of hydrogen-bond donors (Lipinski definition) is 1. The van der Waals surface area contributed by atoms with Crippen LogP contribution in [0.15, 0.2) is 42.5 Å². The van der Waals surface area contributed by atoms with Gasteiger partial charge in [-0.05, 0) is 31.5 Å². The van der Waals surface area contributed by atoms with Crippen LogP contribution in [0.4, 0.5) is 0 Å². The Labute approximate surface area is 189 Å². The molecule has 2 aromatic rings. The molecule has 1 saturated heterocycles. The molecule has 1 heterocycles. The van der Waals surface area contributed by atoms with E-state index in [4.69, 9.17) is 14.2 Å². The summed E-state index contributed by atoms with van der Waals surface area (Å²) in [6, 6.07) is 13.1. The Hall–Kier alpha value is -3.06. The van der Waals surface area contributed by atoms with E-state index >= 15 is 0 Å². The molecule has 7 heteroatoms. The van der Waals surface area contributed by atoms with Crippen molar-refractivity contribution in [3.63, 3.8) is 0 Å². The van der Waals surface area contributed by atoms with Crippen molar-refractivity contribution in [2.75, 3.05) is 47.6 Å². The molecule has 3 rings (SSSR count). The highest BCUT2D eigenvalue weighted by atomic mass is 16.5. The van der Waals surface area contributed by atoms with E-state index in [0.717, 1.165) is 17.5 Å². The van der Waals surface area contributed by atoms with Crippen LogP contribution in [0.25, 0.3) is 0 Å². The summed E-state index contributed by atoms with van der Waals surface area (Å²) < 4.78 is 16.0. The summed E-state index contributed by atoms with van der Waals surface area (Å²) >= 11 is 0. The monoisotopic (exact) mass is 440 g/mol. The second kappa shape index (κ2) is 11.0. The summed E-state index contributed by atoms with van der Waals surface area (Å²) in [4.78, 5) is 28.1. The fraction of sp³-hybridized carbons (Fsp3) is 0.440. The van der Waals surface area contributed by atoms with Crippen molar-refractivity contribution in [3.8, 4) is 11.5 Å². The summed E-state index contributed by atoms with van der Waals surface area (Å²) in [5.74, 6) is 0.621. The van der Waals surface area contributed by atoms with Crippen LogP contribution in [0.3, 0.4) is 0 Å². The molecule has 7 nitrogen and oxygen atoms in total. The van der Waals surface area contributed by atoms with E-state index in [9.17, 15) is 9.59 Å². The lowest BCUT2D eigenvalue weighted by molar-refractivity contribution is -0.124. The SMILES string of the molecule is COCCCNC(=O)C1CN(C(=O)c2ccc(C)cc2)CC1c1ccc(OC)cc1OC. The molecule has 1 aliphatic heterocycles. The number of carbonyl (C=O) groups is 2. The topological polar surface area (TPSA) is 77.1 Å². The van der Waals surface area contributed by atoms with Crippen molar-refractivity contribution >= 4 is 11.8 Å². The molecule has 0 aliphatic carbocycles. The lowest BCUT2D eigenvalue weighted by Crippen LogP contribution is -2.36. The highest BCUT2D eigenvalue weighted by molar-refractivity contribution is 5.95. The van der Waals surface area contributed by atoms with Crippen LogP contribution in [0.5, 0.6) is 11.5 Å². The van der Waals surface area contributed by atoms with Crippen LogP contribution in [0.1, 0.15) is 33.8 Å². The summed E-state index contributed by atoms with van der Waals surface area (Å²) in [5.41, 5.74) is 2.61. The second-order valence-electron chi connectivity index (χ2n) is 8.03. The number of methoxy groups -OCH3 is 3. The molecule has 0 radical (unpaired) electrons. The van der Waals surface area contributed by atoms with Crippen LogP contribution in [0, 0.1) is 12.8 Å². The minimum absolute atomic E-state index is 0.0665. The van der Waals surface area contributed by atoms with Crippen LogP contribution < -0.4 is 14.8 Å². The van der Waals surface area contributed by atoms with Gasteiger partial charge in [0.25, 0.3) is 5.91 Å². The molecule has 0 spiro atoms. The number of ether oxygens (including phenoxy) is 3. The largest absolute Gasteiger partial charge is 0.497 e. The van der Waals surface area contributed by atoms with E-state index in [1.165, 1.54) is 0 Å². The number of likely N-dealkylation sites (tertiary alicyclic amines) is 1. The Bertz CT molecular complexity index is 928. The van der Waals surface area contributed by atoms with Gasteiger partial charge in [-0.2, -0.15) is 0 Å². The molecule has 1 fully saturated rings. The van der Waals surface area contributed by atoms with Crippen molar-refractivity contribution in [1.82, 2.24) is 10.2 Å². The summed E-state index contributed by atoms with van der Waals surface area (Å²) in [6.07, 6.45) is 0.734. The molecule has 2 atom stereocenters. The Morgan fingerprint density at radius 2 is 1.78 bits per heavy atom. The first kappa shape index (κ1) is 23.6. The van der Waals surface area contributed by atoms with Crippen molar-refractivity contribution in [2.24, 2.45) is 5.92 Å². The van der Waals surface area contributed by atoms with Crippen molar-refractivity contribution in [1.29, 1.82) is 0 Å². The van der Waals surface area contributed by atoms with Gasteiger partial charge in [-0.25, -0.2) is 0 Å². The van der Waals surface area contributed by atoms with E-state index in [0.29, 0.717) is 43.3 Å². The Kier molecular flexibility index (Phi) is 8.11. The van der Waals surface area contributed by atoms with Crippen molar-refractivity contribution in [2.45, 2.75) is 19.3 Å². The standard InChI is InChI=1S/C25H32N2O5/c1-17-6-8-18(9-7-17)25(29)27-15-21(20-11-10-19(31-3)14-23(20)32-4)22(16-27)24(28)26-12-5-13-30-2/h6-11,14,21-22H,5,12-13,15-16H2,1-4H3,(H,26,28). The van der Waals surface area contributed by atoms with E-state index in [2.05, 4.69) is 5.32 Å². The smallest absolute Gasteiger partial charge is 0.253 e. The third-order valence-electron chi connectivity index (χ3n) is 5.91. The van der Waals surface area contributed by atoms with Crippen LogP contribution >= 0.6 is 0 Å². The number of nitrogens with zero attached hydrogens (tertiary/aromatic N) is 1. The molecule has 0 aromatic heterocycles. The third-order valence-corrected chi connectivity index (χ3v) is 5.91. The van der Waals surface area contributed by atoms with E-state index in [1.807, 2.05) is 49.4 Å². The van der Waals surface area contributed by atoms with Gasteiger partial charge in [-0.3, -0.25) is 9.59 Å². The van der Waals surface area contributed by atoms with Crippen LogP contribution in [0.2, 0.25) is 0 Å². The Morgan fingerprint density at radius 3 is 2.44 bits per heavy atom. The number of nitrogens with one attached hydrogen (secondary N) is 1. The fourth-order valence-electron chi connectivity index (χ4n) is 4.11. The first-order chi connectivity index (χ1) is 15.5. The fourth-order valence-corrected chi connectivity index (χ4v) is 4.11. The normalized spacial score (nSPS) is 17.8. The van der Waals surface area contributed by atoms with Gasteiger partial charge in [0, 0.05) is 56.5 Å². The molecule has 2 unspecified atom stereocenters. The van der Waals surface area contributed by atoms with Gasteiger partial charge >= 0.3 is 0 Å². The highest BCUT2D eigenvalue weighted by Crippen LogP contribution is 2.39. The van der Waals surface area contributed by atoms with Gasteiger partial charge < -0.3 is 24.4 Å². The number of hydrogen-bond acceptors (Lipinski definition) is 5. The second-order valence-corrected chi connectivity index (χ2v) is 8.03. The zero-order chi connectivity index (χ0) is 23.1. The third kappa shape index (κ3) is 5.40. The first-order valence-corrected chi connectivity index (χ1v) is 10.8. The van der Waals surface area contributed by atoms with Gasteiger partial charge in [-0.1, -0.05) is 23.8 Å². The number of amides is 2. The van der Waals surface area contributed by atoms with Gasteiger partial charge in [-0.15, -0.1) is 0 Å². The molecule has 2 amide bonds. The Morgan fingerprint density at radius 1 is 1.03 bits per heavy atom. The summed E-state index contributed by atoms with van der Waals surface area (Å²) in [5, 5.41) is 3.00. The molecule has 32 heavy (non-hydrogen) atoms. The van der Waals surface area contributed by atoms with Gasteiger partial charge in [0.1, 0.15) is 11.5 Å². The maximum absolute atomic E-state index is 13.2. The quantitative estimate of drug-likeness (QED) is 0.607. The number of benzene rings is 2. The van der Waals surface area contributed by atoms with Crippen molar-refractivity contribution in [3.05, 3.63) is 59.2 Å². The molecule has 1 N–H and O–H groups in total. The molecular weight excluding hydrogens is 408 g/mol. The van der Waals surface area contributed by atoms with E-state index in [-0.39, 0.29) is 23.7 Å². The summed E-state index contributed by atoms with van der Waals surface area (Å²) in [6.45, 7) is 3.88. The van der Waals surface area contributed by atoms with E-state index < -0.39 is 0 Å². The average molecular weight is 441 g/mol. The molecule has 2 aromatic carbocycles. The predicted molar refractivity (Wildman–Crippen MR) is 122 cm³/mol. The molecule has 172 valence electrons.